The summed E-state index contributed by atoms with van der Waals surface area (Å²) in [6.45, 7) is 1.29. The summed E-state index contributed by atoms with van der Waals surface area (Å²) in [4.78, 5) is 22.2. The number of benzene rings is 1. The lowest BCUT2D eigenvalue weighted by molar-refractivity contribution is -0.138. The Morgan fingerprint density at radius 1 is 1.32 bits per heavy atom. The molecule has 1 atom stereocenters. The van der Waals surface area contributed by atoms with E-state index in [1.54, 1.807) is 12.1 Å². The van der Waals surface area contributed by atoms with Gasteiger partial charge in [-0.05, 0) is 19.1 Å². The minimum absolute atomic E-state index is 0.197. The summed E-state index contributed by atoms with van der Waals surface area (Å²) in [5.41, 5.74) is 0.197. The molecule has 1 aromatic rings. The monoisotopic (exact) mass is 290 g/mol. The van der Waals surface area contributed by atoms with E-state index in [-0.39, 0.29) is 10.6 Å². The van der Waals surface area contributed by atoms with Gasteiger partial charge < -0.3 is 15.7 Å². The van der Waals surface area contributed by atoms with Gasteiger partial charge >= 0.3 is 12.0 Å². The van der Waals surface area contributed by atoms with Crippen molar-refractivity contribution in [3.8, 4) is 0 Å². The van der Waals surface area contributed by atoms with E-state index in [4.69, 9.17) is 5.11 Å². The topological polar surface area (TPSA) is 78.4 Å². The predicted octanol–water partition coefficient (Wildman–Crippen LogP) is 2.60. The second kappa shape index (κ2) is 6.93. The maximum atomic E-state index is 12.3. The van der Waals surface area contributed by atoms with Crippen LogP contribution < -0.4 is 10.6 Å². The second-order valence-corrected chi connectivity index (χ2v) is 4.56. The van der Waals surface area contributed by atoms with Crippen molar-refractivity contribution in [3.63, 3.8) is 0 Å². The Labute approximate surface area is 112 Å². The number of hydrogen-bond acceptors (Lipinski definition) is 3. The highest BCUT2D eigenvalue weighted by Gasteiger charge is 2.15. The molecule has 0 heterocycles. The van der Waals surface area contributed by atoms with Crippen LogP contribution in [0.15, 0.2) is 29.2 Å². The number of amides is 2. The maximum absolute atomic E-state index is 12.3. The number of thioether (sulfide) groups is 1. The molecule has 5 nitrogen and oxygen atoms in total. The van der Waals surface area contributed by atoms with Crippen LogP contribution in [-0.4, -0.2) is 28.9 Å². The third kappa shape index (κ3) is 5.12. The van der Waals surface area contributed by atoms with Crippen LogP contribution in [0.5, 0.6) is 0 Å². The van der Waals surface area contributed by atoms with Gasteiger partial charge in [0.25, 0.3) is 5.76 Å². The number of nitrogens with one attached hydrogen (secondary N) is 2. The van der Waals surface area contributed by atoms with Crippen molar-refractivity contribution >= 4 is 29.4 Å². The first-order valence-corrected chi connectivity index (χ1v) is 6.12. The minimum Gasteiger partial charge on any atom is -0.480 e. The lowest BCUT2D eigenvalue weighted by Crippen LogP contribution is -2.40. The van der Waals surface area contributed by atoms with Crippen LogP contribution in [0.4, 0.5) is 19.3 Å². The summed E-state index contributed by atoms with van der Waals surface area (Å²) in [6.07, 6.45) is 0. The van der Waals surface area contributed by atoms with Gasteiger partial charge in [0.05, 0.1) is 5.69 Å². The molecule has 0 fully saturated rings. The Balaban J connectivity index is 2.71. The molecule has 0 radical (unpaired) electrons. The van der Waals surface area contributed by atoms with Gasteiger partial charge in [-0.25, -0.2) is 4.79 Å². The Kier molecular flexibility index (Phi) is 5.56. The summed E-state index contributed by atoms with van der Waals surface area (Å²) in [5.74, 6) is -3.80. The number of alkyl halides is 2. The van der Waals surface area contributed by atoms with Crippen molar-refractivity contribution in [3.05, 3.63) is 24.3 Å². The van der Waals surface area contributed by atoms with Gasteiger partial charge in [0, 0.05) is 4.90 Å². The van der Waals surface area contributed by atoms with Crippen LogP contribution >= 0.6 is 11.8 Å². The molecule has 0 aliphatic carbocycles. The van der Waals surface area contributed by atoms with Crippen LogP contribution in [0.25, 0.3) is 0 Å². The molecule has 19 heavy (non-hydrogen) atoms. The molecule has 0 bridgehead atoms. The normalized spacial score (nSPS) is 12.0. The summed E-state index contributed by atoms with van der Waals surface area (Å²) < 4.78 is 24.6. The van der Waals surface area contributed by atoms with Crippen molar-refractivity contribution in [2.75, 3.05) is 5.32 Å². The molecule has 3 N–H and O–H groups in total. The molecular weight excluding hydrogens is 278 g/mol. The zero-order valence-corrected chi connectivity index (χ0v) is 10.7. The number of aliphatic carboxylic acids is 1. The zero-order valence-electron chi connectivity index (χ0n) is 9.89. The molecule has 1 rings (SSSR count). The van der Waals surface area contributed by atoms with Gasteiger partial charge in [-0.2, -0.15) is 8.78 Å². The molecule has 0 saturated carbocycles. The van der Waals surface area contributed by atoms with Gasteiger partial charge in [0.15, 0.2) is 0 Å². The molecule has 0 aliphatic heterocycles. The first-order valence-electron chi connectivity index (χ1n) is 5.24. The third-order valence-corrected chi connectivity index (χ3v) is 2.86. The Morgan fingerprint density at radius 3 is 2.53 bits per heavy atom. The average Bonchev–Trinajstić information content (AvgIpc) is 2.30. The van der Waals surface area contributed by atoms with Crippen molar-refractivity contribution in [1.29, 1.82) is 0 Å². The number of hydrogen-bond donors (Lipinski definition) is 3. The van der Waals surface area contributed by atoms with Gasteiger partial charge in [0.1, 0.15) is 6.04 Å². The number of halogens is 2. The van der Waals surface area contributed by atoms with E-state index in [0.29, 0.717) is 11.8 Å². The third-order valence-electron chi connectivity index (χ3n) is 2.07. The Bertz CT molecular complexity index is 471. The quantitative estimate of drug-likeness (QED) is 0.728. The fourth-order valence-corrected chi connectivity index (χ4v) is 1.78. The molecule has 1 aromatic carbocycles. The predicted molar refractivity (Wildman–Crippen MR) is 67.6 cm³/mol. The van der Waals surface area contributed by atoms with Crippen LogP contribution in [0, 0.1) is 0 Å². The molecule has 2 amide bonds. The van der Waals surface area contributed by atoms with Gasteiger partial charge in [-0.3, -0.25) is 4.79 Å². The second-order valence-electron chi connectivity index (χ2n) is 3.53. The largest absolute Gasteiger partial charge is 0.480 e. The molecule has 0 aromatic heterocycles. The maximum Gasteiger partial charge on any atom is 0.325 e. The van der Waals surface area contributed by atoms with Crippen LogP contribution in [-0.2, 0) is 4.79 Å². The van der Waals surface area contributed by atoms with E-state index in [1.165, 1.54) is 19.1 Å². The highest BCUT2D eigenvalue weighted by atomic mass is 32.2. The highest BCUT2D eigenvalue weighted by molar-refractivity contribution is 7.99. The molecule has 1 unspecified atom stereocenters. The number of carbonyl (C=O) groups is 2. The molecule has 8 heteroatoms. The van der Waals surface area contributed by atoms with E-state index in [2.05, 4.69) is 10.6 Å². The van der Waals surface area contributed by atoms with Gasteiger partial charge in [-0.15, -0.1) is 0 Å². The Morgan fingerprint density at radius 2 is 1.95 bits per heavy atom. The zero-order chi connectivity index (χ0) is 14.4. The van der Waals surface area contributed by atoms with Crippen LogP contribution in [0.2, 0.25) is 0 Å². The van der Waals surface area contributed by atoms with E-state index >= 15 is 0 Å². The van der Waals surface area contributed by atoms with Crippen LogP contribution in [0.1, 0.15) is 6.92 Å². The number of carboxylic acid groups (broad SMARTS) is 1. The van der Waals surface area contributed by atoms with E-state index in [1.807, 2.05) is 0 Å². The van der Waals surface area contributed by atoms with Crippen LogP contribution in [0.3, 0.4) is 0 Å². The number of para-hydroxylation sites is 1. The SMILES string of the molecule is CC(NC(=O)Nc1ccccc1SC(F)F)C(=O)O. The lowest BCUT2D eigenvalue weighted by Gasteiger charge is -2.13. The van der Waals surface area contributed by atoms with Crippen molar-refractivity contribution < 1.29 is 23.5 Å². The first kappa shape index (κ1) is 15.2. The van der Waals surface area contributed by atoms with E-state index in [9.17, 15) is 18.4 Å². The average molecular weight is 290 g/mol. The lowest BCUT2D eigenvalue weighted by atomic mass is 10.3. The molecule has 0 aliphatic rings. The molecule has 0 saturated heterocycles. The van der Waals surface area contributed by atoms with Crippen molar-refractivity contribution in [1.82, 2.24) is 5.32 Å². The van der Waals surface area contributed by atoms with Crippen molar-refractivity contribution in [2.45, 2.75) is 23.6 Å². The van der Waals surface area contributed by atoms with Gasteiger partial charge in [-0.1, -0.05) is 23.9 Å². The Hall–Kier alpha value is -1.83. The number of anilines is 1. The van der Waals surface area contributed by atoms with Crippen molar-refractivity contribution in [2.24, 2.45) is 0 Å². The van der Waals surface area contributed by atoms with E-state index < -0.39 is 23.8 Å². The summed E-state index contributed by atoms with van der Waals surface area (Å²) in [5, 5.41) is 13.1. The molecular formula is C11H12F2N2O3S. The number of urea groups is 1. The first-order chi connectivity index (χ1) is 8.90. The number of carboxylic acids is 1. The number of carbonyl (C=O) groups excluding carboxylic acids is 1. The fourth-order valence-electron chi connectivity index (χ4n) is 1.19. The summed E-state index contributed by atoms with van der Waals surface area (Å²) in [6, 6.07) is 4.19. The smallest absolute Gasteiger partial charge is 0.325 e. The standard InChI is InChI=1S/C11H12F2N2O3S/c1-6(9(16)17)14-11(18)15-7-4-2-3-5-8(7)19-10(12)13/h2-6,10H,1H3,(H,16,17)(H2,14,15,18). The highest BCUT2D eigenvalue weighted by Crippen LogP contribution is 2.31. The molecule has 104 valence electrons. The summed E-state index contributed by atoms with van der Waals surface area (Å²) in [7, 11) is 0. The minimum atomic E-state index is -2.61. The number of rotatable bonds is 5. The molecule has 0 spiro atoms. The van der Waals surface area contributed by atoms with Gasteiger partial charge in [0.2, 0.25) is 0 Å². The summed E-state index contributed by atoms with van der Waals surface area (Å²) >= 11 is 0.300. The fraction of sp³-hybridized carbons (Fsp3) is 0.273. The van der Waals surface area contributed by atoms with E-state index in [0.717, 1.165) is 0 Å².